The normalized spacial score (nSPS) is 24.7. The van der Waals surface area contributed by atoms with Crippen LogP contribution in [0.2, 0.25) is 5.32 Å². The van der Waals surface area contributed by atoms with Crippen LogP contribution < -0.4 is 0 Å². The molecule has 2 bridgehead atoms. The first-order valence-electron chi connectivity index (χ1n) is 6.21. The molecule has 2 nitrogen and oxygen atoms in total. The molecule has 3 rings (SSSR count). The van der Waals surface area contributed by atoms with Crippen molar-refractivity contribution in [3.8, 4) is 0 Å². The third-order valence-electron chi connectivity index (χ3n) is 3.21. The first-order valence-corrected chi connectivity index (χ1v) is 9.80. The molecule has 2 aliphatic rings. The fourth-order valence-electron chi connectivity index (χ4n) is 2.29. The molecule has 0 amide bonds. The van der Waals surface area contributed by atoms with Crippen molar-refractivity contribution in [2.24, 2.45) is 0 Å². The van der Waals surface area contributed by atoms with Crippen LogP contribution in [0.15, 0.2) is 35.3 Å². The van der Waals surface area contributed by atoms with E-state index in [9.17, 15) is 0 Å². The van der Waals surface area contributed by atoms with E-state index in [1.807, 2.05) is 0 Å². The Kier molecular flexibility index (Phi) is 3.34. The van der Waals surface area contributed by atoms with Crippen LogP contribution in [0, 0.1) is 0 Å². The molecule has 92 valence electrons. The molecule has 3 heteroatoms. The Balaban J connectivity index is 1.78. The second-order valence-corrected chi connectivity index (χ2v) is 9.69. The molecule has 0 atom stereocenters. The summed E-state index contributed by atoms with van der Waals surface area (Å²) in [4.78, 5) is 2.24. The Hall–Kier alpha value is -0.601. The van der Waals surface area contributed by atoms with Gasteiger partial charge in [0.05, 0.1) is 0 Å². The molecule has 0 saturated heterocycles. The molecule has 1 spiro atoms. The zero-order chi connectivity index (χ0) is 11.6. The molecule has 0 unspecified atom stereocenters. The van der Waals surface area contributed by atoms with Crippen LogP contribution in [0.5, 0.6) is 0 Å². The van der Waals surface area contributed by atoms with Gasteiger partial charge in [0.15, 0.2) is 0 Å². The van der Waals surface area contributed by atoms with Gasteiger partial charge in [-0.25, -0.2) is 0 Å². The summed E-state index contributed by atoms with van der Waals surface area (Å²) >= 11 is -2.15. The van der Waals surface area contributed by atoms with Crippen LogP contribution in [0.4, 0.5) is 0 Å². The Bertz CT molecular complexity index is 403. The van der Waals surface area contributed by atoms with E-state index in [4.69, 9.17) is 7.64 Å². The van der Waals surface area contributed by atoms with Crippen LogP contribution in [0.3, 0.4) is 0 Å². The number of fused-ring (bicyclic) bond motifs is 2. The Morgan fingerprint density at radius 3 is 2.29 bits per heavy atom. The van der Waals surface area contributed by atoms with E-state index in [-0.39, 0.29) is 0 Å². The molecule has 0 fully saturated rings. The van der Waals surface area contributed by atoms with Crippen LogP contribution >= 0.6 is 0 Å². The summed E-state index contributed by atoms with van der Waals surface area (Å²) in [6.07, 6.45) is 5.37. The maximum atomic E-state index is 6.11. The van der Waals surface area contributed by atoms with Gasteiger partial charge in [-0.1, -0.05) is 0 Å². The molecule has 0 N–H and O–H groups in total. The SMILES string of the molecule is C1=C[Se]2(CC1)OCCc1cccc(c1)CCO2. The van der Waals surface area contributed by atoms with Crippen LogP contribution in [-0.2, 0) is 20.5 Å². The van der Waals surface area contributed by atoms with Crippen LogP contribution in [0.1, 0.15) is 17.5 Å². The molecule has 0 aromatic heterocycles. The average Bonchev–Trinajstić information content (AvgIpc) is 2.78. The van der Waals surface area contributed by atoms with E-state index in [0.29, 0.717) is 0 Å². The van der Waals surface area contributed by atoms with Gasteiger partial charge in [0.2, 0.25) is 0 Å². The van der Waals surface area contributed by atoms with Crippen molar-refractivity contribution in [2.45, 2.75) is 24.6 Å². The van der Waals surface area contributed by atoms with E-state index in [1.165, 1.54) is 11.1 Å². The minimum absolute atomic E-state index is 0.799. The van der Waals surface area contributed by atoms with Gasteiger partial charge in [-0.05, 0) is 0 Å². The Morgan fingerprint density at radius 2 is 1.71 bits per heavy atom. The van der Waals surface area contributed by atoms with Crippen molar-refractivity contribution in [2.75, 3.05) is 13.2 Å². The Morgan fingerprint density at radius 1 is 1.00 bits per heavy atom. The van der Waals surface area contributed by atoms with Crippen LogP contribution in [-0.4, -0.2) is 26.7 Å². The molecule has 17 heavy (non-hydrogen) atoms. The Labute approximate surface area is 106 Å². The number of hydrogen-bond donors (Lipinski definition) is 0. The minimum atomic E-state index is -2.15. The molecular weight excluding hydrogens is 279 g/mol. The van der Waals surface area contributed by atoms with E-state index in [0.717, 1.165) is 37.8 Å². The van der Waals surface area contributed by atoms with Gasteiger partial charge in [-0.15, -0.1) is 0 Å². The third kappa shape index (κ3) is 2.63. The first-order chi connectivity index (χ1) is 8.36. The molecule has 0 radical (unpaired) electrons. The molecule has 2 aliphatic heterocycles. The maximum absolute atomic E-state index is 6.11. The summed E-state index contributed by atoms with van der Waals surface area (Å²) in [7, 11) is 0. The van der Waals surface area contributed by atoms with Crippen molar-refractivity contribution in [1.29, 1.82) is 0 Å². The van der Waals surface area contributed by atoms with Gasteiger partial charge in [0.25, 0.3) is 0 Å². The quantitative estimate of drug-likeness (QED) is 0.686. The molecule has 1 aromatic rings. The van der Waals surface area contributed by atoms with Gasteiger partial charge in [-0.3, -0.25) is 0 Å². The standard InChI is InChI=1S/C14H18O2Se/c1-2-11-17(10-1)15-8-6-13-4-3-5-14(12-13)7-9-16-17/h1,3-5,10,12H,2,6-9,11H2. The fourth-order valence-corrected chi connectivity index (χ4v) is 6.95. The fraction of sp³-hybridized carbons (Fsp3) is 0.429. The average molecular weight is 297 g/mol. The van der Waals surface area contributed by atoms with Gasteiger partial charge in [0, 0.05) is 0 Å². The summed E-state index contributed by atoms with van der Waals surface area (Å²) in [6, 6.07) is 8.79. The van der Waals surface area contributed by atoms with E-state index >= 15 is 0 Å². The zero-order valence-electron chi connectivity index (χ0n) is 9.93. The van der Waals surface area contributed by atoms with Crippen molar-refractivity contribution < 1.29 is 7.64 Å². The predicted molar refractivity (Wildman–Crippen MR) is 70.1 cm³/mol. The molecule has 0 aliphatic carbocycles. The molecule has 1 aromatic carbocycles. The zero-order valence-corrected chi connectivity index (χ0v) is 11.6. The molecule has 2 heterocycles. The van der Waals surface area contributed by atoms with Crippen molar-refractivity contribution >= 4 is 13.5 Å². The van der Waals surface area contributed by atoms with Gasteiger partial charge in [-0.2, -0.15) is 0 Å². The van der Waals surface area contributed by atoms with Crippen LogP contribution in [0.25, 0.3) is 0 Å². The summed E-state index contributed by atoms with van der Waals surface area (Å²) in [5.74, 6) is 0. The second kappa shape index (κ2) is 4.95. The summed E-state index contributed by atoms with van der Waals surface area (Å²) in [5, 5.41) is 1.12. The summed E-state index contributed by atoms with van der Waals surface area (Å²) < 4.78 is 12.2. The first kappa shape index (κ1) is 11.5. The van der Waals surface area contributed by atoms with Crippen molar-refractivity contribution in [1.82, 2.24) is 0 Å². The summed E-state index contributed by atoms with van der Waals surface area (Å²) in [5.41, 5.74) is 2.78. The molecule has 0 saturated carbocycles. The van der Waals surface area contributed by atoms with Crippen molar-refractivity contribution in [3.63, 3.8) is 0 Å². The monoisotopic (exact) mass is 298 g/mol. The van der Waals surface area contributed by atoms with Gasteiger partial charge >= 0.3 is 105 Å². The second-order valence-electron chi connectivity index (χ2n) is 4.49. The number of hydrogen-bond acceptors (Lipinski definition) is 2. The van der Waals surface area contributed by atoms with Crippen molar-refractivity contribution in [3.05, 3.63) is 46.4 Å². The number of benzene rings is 1. The van der Waals surface area contributed by atoms with E-state index < -0.39 is 13.5 Å². The summed E-state index contributed by atoms with van der Waals surface area (Å²) in [6.45, 7) is 1.60. The van der Waals surface area contributed by atoms with E-state index in [1.54, 1.807) is 0 Å². The van der Waals surface area contributed by atoms with Gasteiger partial charge < -0.3 is 0 Å². The number of allylic oxidation sites excluding steroid dienone is 1. The topological polar surface area (TPSA) is 18.5 Å². The predicted octanol–water partition coefficient (Wildman–Crippen LogP) is 2.76. The number of rotatable bonds is 0. The van der Waals surface area contributed by atoms with E-state index in [2.05, 4.69) is 35.3 Å². The molecular formula is C14H18O2Se. The third-order valence-corrected chi connectivity index (χ3v) is 8.55. The van der Waals surface area contributed by atoms with Gasteiger partial charge in [0.1, 0.15) is 0 Å².